The van der Waals surface area contributed by atoms with Crippen molar-refractivity contribution < 1.29 is 80.2 Å². The number of phosphoric acid groups is 2. The molecule has 91 heavy (non-hydrogen) atoms. The van der Waals surface area contributed by atoms with Crippen LogP contribution in [-0.4, -0.2) is 96.7 Å². The van der Waals surface area contributed by atoms with Crippen LogP contribution in [0.15, 0.2) is 24.3 Å². The van der Waals surface area contributed by atoms with Gasteiger partial charge in [0.1, 0.15) is 19.3 Å². The van der Waals surface area contributed by atoms with Crippen LogP contribution in [0.3, 0.4) is 0 Å². The third-order valence-electron chi connectivity index (χ3n) is 16.4. The Morgan fingerprint density at radius 1 is 0.363 bits per heavy atom. The van der Waals surface area contributed by atoms with Gasteiger partial charge in [-0.05, 0) is 63.2 Å². The van der Waals surface area contributed by atoms with Crippen molar-refractivity contribution in [3.8, 4) is 0 Å². The fraction of sp³-hybridized carbons (Fsp3) is 0.889. The smallest absolute Gasteiger partial charge is 0.462 e. The second kappa shape index (κ2) is 63.6. The van der Waals surface area contributed by atoms with Gasteiger partial charge in [0.25, 0.3) is 0 Å². The van der Waals surface area contributed by atoms with Gasteiger partial charge in [-0.15, -0.1) is 0 Å². The van der Waals surface area contributed by atoms with E-state index in [0.717, 1.165) is 115 Å². The molecule has 0 saturated carbocycles. The molecule has 0 fully saturated rings. The van der Waals surface area contributed by atoms with Crippen molar-refractivity contribution in [2.45, 2.75) is 362 Å². The fourth-order valence-electron chi connectivity index (χ4n) is 10.4. The van der Waals surface area contributed by atoms with Crippen LogP contribution in [-0.2, 0) is 65.4 Å². The van der Waals surface area contributed by atoms with Crippen LogP contribution in [0.25, 0.3) is 0 Å². The van der Waals surface area contributed by atoms with E-state index in [1.165, 1.54) is 141 Å². The normalized spacial score (nSPS) is 14.6. The molecule has 17 nitrogen and oxygen atoms in total. The molecule has 0 spiro atoms. The summed E-state index contributed by atoms with van der Waals surface area (Å²) < 4.78 is 68.3. The molecule has 19 heteroatoms. The van der Waals surface area contributed by atoms with Crippen molar-refractivity contribution in [1.82, 2.24) is 0 Å². The first-order valence-electron chi connectivity index (χ1n) is 36.8. The lowest BCUT2D eigenvalue weighted by Gasteiger charge is -2.21. The van der Waals surface area contributed by atoms with E-state index in [4.69, 9.17) is 37.0 Å². The second-order valence-electron chi connectivity index (χ2n) is 26.0. The standard InChI is InChI=1S/C72H136O17P2/c1-7-10-12-14-16-18-20-22-24-26-28-30-35-42-48-54-69(74)82-60-67(88-71(76)56-50-44-36-31-29-27-25-23-21-19-17-15-13-11-8-2)62-86-90(78,79)84-58-66(73)59-85-91(80,81)87-63-68(61-83-70(75)55-49-43-39-38-41-47-53-65(6)9-3)89-72(77)57-51-45-37-33-32-34-40-46-52-64(4)5/h19,21,23,25,64-68,73H,7-18,20,22,24,26-63H2,1-6H3,(H,78,79)(H,80,81)/b21-19-,25-23-/t65?,66-,67-,68-/m1/s1. The van der Waals surface area contributed by atoms with Gasteiger partial charge in [0.2, 0.25) is 0 Å². The van der Waals surface area contributed by atoms with Crippen LogP contribution in [0.1, 0.15) is 343 Å². The Morgan fingerprint density at radius 2 is 0.648 bits per heavy atom. The number of carbonyl (C=O) groups excluding carboxylic acids is 4. The lowest BCUT2D eigenvalue weighted by molar-refractivity contribution is -0.161. The number of hydrogen-bond acceptors (Lipinski definition) is 15. The minimum absolute atomic E-state index is 0.0851. The van der Waals surface area contributed by atoms with Crippen molar-refractivity contribution in [1.29, 1.82) is 0 Å². The molecule has 0 radical (unpaired) electrons. The highest BCUT2D eigenvalue weighted by molar-refractivity contribution is 7.47. The number of aliphatic hydroxyl groups excluding tert-OH is 1. The monoisotopic (exact) mass is 1330 g/mol. The number of esters is 4. The fourth-order valence-corrected chi connectivity index (χ4v) is 12.0. The minimum Gasteiger partial charge on any atom is -0.462 e. The van der Waals surface area contributed by atoms with Crippen molar-refractivity contribution >= 4 is 39.5 Å². The van der Waals surface area contributed by atoms with Crippen molar-refractivity contribution in [3.05, 3.63) is 24.3 Å². The molecule has 0 heterocycles. The molecule has 3 N–H and O–H groups in total. The van der Waals surface area contributed by atoms with Crippen LogP contribution in [0.4, 0.5) is 0 Å². The summed E-state index contributed by atoms with van der Waals surface area (Å²) in [7, 11) is -9.92. The van der Waals surface area contributed by atoms with Gasteiger partial charge in [0, 0.05) is 25.7 Å². The predicted octanol–water partition coefficient (Wildman–Crippen LogP) is 20.3. The van der Waals surface area contributed by atoms with Crippen LogP contribution in [0.5, 0.6) is 0 Å². The van der Waals surface area contributed by atoms with Gasteiger partial charge in [0.15, 0.2) is 12.2 Å². The van der Waals surface area contributed by atoms with Gasteiger partial charge in [-0.1, -0.05) is 291 Å². The molecule has 0 aliphatic carbocycles. The minimum atomic E-state index is -4.96. The topological polar surface area (TPSA) is 237 Å². The Balaban J connectivity index is 5.29. The molecule has 0 aromatic heterocycles. The number of hydrogen-bond donors (Lipinski definition) is 3. The zero-order chi connectivity index (χ0) is 67.2. The Bertz CT molecular complexity index is 1860. The van der Waals surface area contributed by atoms with Crippen LogP contribution in [0, 0.1) is 11.8 Å². The molecular weight excluding hydrogens is 1200 g/mol. The average molecular weight is 1340 g/mol. The van der Waals surface area contributed by atoms with Gasteiger partial charge in [-0.25, -0.2) is 9.13 Å². The lowest BCUT2D eigenvalue weighted by Crippen LogP contribution is -2.30. The molecule has 0 aromatic carbocycles. The number of allylic oxidation sites excluding steroid dienone is 4. The molecule has 0 rings (SSSR count). The first-order valence-corrected chi connectivity index (χ1v) is 39.8. The number of unbranched alkanes of at least 4 members (excludes halogenated alkanes) is 35. The van der Waals surface area contributed by atoms with Crippen molar-refractivity contribution in [2.24, 2.45) is 11.8 Å². The predicted molar refractivity (Wildman–Crippen MR) is 367 cm³/mol. The van der Waals surface area contributed by atoms with Crippen molar-refractivity contribution in [3.63, 3.8) is 0 Å². The van der Waals surface area contributed by atoms with Gasteiger partial charge >= 0.3 is 39.5 Å². The molecule has 0 aromatic rings. The van der Waals surface area contributed by atoms with E-state index in [1.807, 2.05) is 0 Å². The molecule has 0 aliphatic rings. The quantitative estimate of drug-likeness (QED) is 0.0169. The maximum atomic E-state index is 13.0. The van der Waals surface area contributed by atoms with E-state index in [1.54, 1.807) is 0 Å². The zero-order valence-corrected chi connectivity index (χ0v) is 60.4. The lowest BCUT2D eigenvalue weighted by atomic mass is 10.00. The molecule has 6 atom stereocenters. The molecule has 0 aliphatic heterocycles. The Morgan fingerprint density at radius 3 is 0.989 bits per heavy atom. The summed E-state index contributed by atoms with van der Waals surface area (Å²) in [5, 5.41) is 10.6. The van der Waals surface area contributed by atoms with E-state index in [9.17, 15) is 43.2 Å². The Kier molecular flexibility index (Phi) is 61.9. The van der Waals surface area contributed by atoms with E-state index in [2.05, 4.69) is 65.8 Å². The highest BCUT2D eigenvalue weighted by atomic mass is 31.2. The number of aliphatic hydroxyl groups is 1. The summed E-state index contributed by atoms with van der Waals surface area (Å²) >= 11 is 0. The van der Waals surface area contributed by atoms with Gasteiger partial charge in [-0.2, -0.15) is 0 Å². The molecule has 0 amide bonds. The van der Waals surface area contributed by atoms with Crippen LogP contribution >= 0.6 is 15.6 Å². The molecule has 3 unspecified atom stereocenters. The molecule has 0 bridgehead atoms. The largest absolute Gasteiger partial charge is 0.472 e. The second-order valence-corrected chi connectivity index (χ2v) is 28.9. The summed E-state index contributed by atoms with van der Waals surface area (Å²) in [5.74, 6) is -0.709. The third-order valence-corrected chi connectivity index (χ3v) is 18.3. The SMILES string of the molecule is CCCCCC/C=C\C=C/CCCCCCCC(=O)O[C@H](COC(=O)CCCCCCCCCCCCCCCCC)COP(=O)(O)OC[C@@H](O)COP(=O)(O)OC[C@@H](COC(=O)CCCCCCCCC(C)CC)OC(=O)CCCCCCCCCCC(C)C. The third kappa shape index (κ3) is 64.6. The average Bonchev–Trinajstić information content (AvgIpc) is 3.21. The van der Waals surface area contributed by atoms with Gasteiger partial charge in [-0.3, -0.25) is 37.3 Å². The molecule has 0 saturated heterocycles. The summed E-state index contributed by atoms with van der Waals surface area (Å²) in [6.45, 7) is 9.41. The molecular formula is C72H136O17P2. The highest BCUT2D eigenvalue weighted by Gasteiger charge is 2.30. The van der Waals surface area contributed by atoms with Crippen molar-refractivity contribution in [2.75, 3.05) is 39.6 Å². The summed E-state index contributed by atoms with van der Waals surface area (Å²) in [6, 6.07) is 0. The van der Waals surface area contributed by atoms with E-state index in [0.29, 0.717) is 31.6 Å². The number of ether oxygens (including phenoxy) is 4. The maximum absolute atomic E-state index is 13.0. The van der Waals surface area contributed by atoms with Crippen LogP contribution in [0.2, 0.25) is 0 Å². The van der Waals surface area contributed by atoms with E-state index in [-0.39, 0.29) is 25.7 Å². The number of phosphoric ester groups is 2. The summed E-state index contributed by atoms with van der Waals surface area (Å²) in [6.07, 6.45) is 52.2. The van der Waals surface area contributed by atoms with E-state index >= 15 is 0 Å². The highest BCUT2D eigenvalue weighted by Crippen LogP contribution is 2.45. The van der Waals surface area contributed by atoms with Gasteiger partial charge in [0.05, 0.1) is 26.4 Å². The first-order chi connectivity index (χ1) is 43.9. The molecule has 536 valence electrons. The Labute approximate surface area is 554 Å². The van der Waals surface area contributed by atoms with Gasteiger partial charge < -0.3 is 33.8 Å². The summed E-state index contributed by atoms with van der Waals surface area (Å²) in [5.41, 5.74) is 0. The Hall–Kier alpha value is -2.46. The van der Waals surface area contributed by atoms with E-state index < -0.39 is 97.5 Å². The van der Waals surface area contributed by atoms with Crippen LogP contribution < -0.4 is 0 Å². The summed E-state index contributed by atoms with van der Waals surface area (Å²) in [4.78, 5) is 72.6. The number of rotatable bonds is 69. The maximum Gasteiger partial charge on any atom is 0.472 e. The zero-order valence-electron chi connectivity index (χ0n) is 58.6. The number of carbonyl (C=O) groups is 4. The first kappa shape index (κ1) is 88.5.